The smallest absolute Gasteiger partial charge is 0.234 e. The van der Waals surface area contributed by atoms with Crippen molar-refractivity contribution in [2.24, 2.45) is 0 Å². The van der Waals surface area contributed by atoms with Gasteiger partial charge in [0.15, 0.2) is 11.5 Å². The maximum absolute atomic E-state index is 12.2. The van der Waals surface area contributed by atoms with Gasteiger partial charge < -0.3 is 14.8 Å². The fraction of sp³-hybridized carbons (Fsp3) is 0.611. The van der Waals surface area contributed by atoms with E-state index in [1.165, 1.54) is 12.8 Å². The molecule has 5 heteroatoms. The van der Waals surface area contributed by atoms with Gasteiger partial charge in [-0.2, -0.15) is 0 Å². The van der Waals surface area contributed by atoms with Crippen molar-refractivity contribution in [3.8, 4) is 11.5 Å². The number of benzene rings is 1. The van der Waals surface area contributed by atoms with Gasteiger partial charge in [0, 0.05) is 12.6 Å². The van der Waals surface area contributed by atoms with Crippen LogP contribution < -0.4 is 14.8 Å². The van der Waals surface area contributed by atoms with Gasteiger partial charge in [0.2, 0.25) is 5.91 Å². The van der Waals surface area contributed by atoms with E-state index >= 15 is 0 Å². The number of likely N-dealkylation sites (N-methyl/N-ethyl adjacent to an activating group) is 1. The normalized spacial score (nSPS) is 15.0. The molecule has 1 amide bonds. The zero-order valence-electron chi connectivity index (χ0n) is 14.4. The van der Waals surface area contributed by atoms with Crippen molar-refractivity contribution < 1.29 is 14.3 Å². The van der Waals surface area contributed by atoms with E-state index in [0.29, 0.717) is 12.6 Å². The molecule has 128 valence electrons. The molecule has 0 aromatic heterocycles. The molecule has 0 unspecified atom stereocenters. The highest BCUT2D eigenvalue weighted by molar-refractivity contribution is 5.78. The number of carbonyl (C=O) groups excluding carboxylic acids is 1. The monoisotopic (exact) mass is 320 g/mol. The number of ether oxygens (including phenoxy) is 2. The van der Waals surface area contributed by atoms with Crippen LogP contribution in [0.25, 0.3) is 0 Å². The summed E-state index contributed by atoms with van der Waals surface area (Å²) in [4.78, 5) is 14.3. The van der Waals surface area contributed by atoms with Gasteiger partial charge in [-0.05, 0) is 37.1 Å². The first-order chi connectivity index (χ1) is 11.2. The SMILES string of the molecule is CCN(CC(=O)NC1CCCC1)Cc1ccc(OC)c(OC)c1. The van der Waals surface area contributed by atoms with Crippen LogP contribution in [0.3, 0.4) is 0 Å². The third-order valence-corrected chi connectivity index (χ3v) is 4.39. The van der Waals surface area contributed by atoms with E-state index in [4.69, 9.17) is 9.47 Å². The van der Waals surface area contributed by atoms with Crippen LogP contribution in [0.2, 0.25) is 0 Å². The van der Waals surface area contributed by atoms with Gasteiger partial charge in [0.05, 0.1) is 20.8 Å². The molecule has 0 aliphatic heterocycles. The van der Waals surface area contributed by atoms with E-state index in [-0.39, 0.29) is 5.91 Å². The Balaban J connectivity index is 1.91. The zero-order valence-corrected chi connectivity index (χ0v) is 14.4. The quantitative estimate of drug-likeness (QED) is 0.800. The fourth-order valence-corrected chi connectivity index (χ4v) is 3.06. The first-order valence-electron chi connectivity index (χ1n) is 8.38. The lowest BCUT2D eigenvalue weighted by atomic mass is 10.2. The lowest BCUT2D eigenvalue weighted by Gasteiger charge is -2.22. The standard InChI is InChI=1S/C18H28N2O3/c1-4-20(13-18(21)19-15-7-5-6-8-15)12-14-9-10-16(22-2)17(11-14)23-3/h9-11,15H,4-8,12-13H2,1-3H3,(H,19,21). The molecule has 0 heterocycles. The summed E-state index contributed by atoms with van der Waals surface area (Å²) >= 11 is 0. The van der Waals surface area contributed by atoms with Crippen molar-refractivity contribution in [3.05, 3.63) is 23.8 Å². The van der Waals surface area contributed by atoms with Crippen LogP contribution in [-0.4, -0.2) is 44.2 Å². The molecule has 1 aromatic carbocycles. The van der Waals surface area contributed by atoms with Crippen molar-refractivity contribution in [1.29, 1.82) is 0 Å². The Morgan fingerprint density at radius 1 is 1.22 bits per heavy atom. The second-order valence-electron chi connectivity index (χ2n) is 6.04. The fourth-order valence-electron chi connectivity index (χ4n) is 3.06. The summed E-state index contributed by atoms with van der Waals surface area (Å²) < 4.78 is 10.6. The summed E-state index contributed by atoms with van der Waals surface area (Å²) in [5.41, 5.74) is 1.11. The van der Waals surface area contributed by atoms with Gasteiger partial charge in [-0.25, -0.2) is 0 Å². The lowest BCUT2D eigenvalue weighted by Crippen LogP contribution is -2.40. The first kappa shape index (κ1) is 17.6. The van der Waals surface area contributed by atoms with Crippen LogP contribution in [0.1, 0.15) is 38.2 Å². The van der Waals surface area contributed by atoms with Crippen molar-refractivity contribution in [3.63, 3.8) is 0 Å². The van der Waals surface area contributed by atoms with Gasteiger partial charge in [0.25, 0.3) is 0 Å². The number of carbonyl (C=O) groups is 1. The summed E-state index contributed by atoms with van der Waals surface area (Å²) in [6.45, 7) is 4.05. The van der Waals surface area contributed by atoms with Crippen LogP contribution in [-0.2, 0) is 11.3 Å². The highest BCUT2D eigenvalue weighted by Crippen LogP contribution is 2.28. The largest absolute Gasteiger partial charge is 0.493 e. The van der Waals surface area contributed by atoms with E-state index in [1.54, 1.807) is 14.2 Å². The predicted octanol–water partition coefficient (Wildman–Crippen LogP) is 2.58. The number of nitrogens with one attached hydrogen (secondary N) is 1. The van der Waals surface area contributed by atoms with E-state index in [0.717, 1.165) is 43.0 Å². The summed E-state index contributed by atoms with van der Waals surface area (Å²) in [5, 5.41) is 3.14. The van der Waals surface area contributed by atoms with Crippen molar-refractivity contribution in [2.45, 2.75) is 45.2 Å². The minimum absolute atomic E-state index is 0.124. The molecule has 1 aliphatic carbocycles. The van der Waals surface area contributed by atoms with Crippen molar-refractivity contribution >= 4 is 5.91 Å². The zero-order chi connectivity index (χ0) is 16.7. The van der Waals surface area contributed by atoms with E-state index in [1.807, 2.05) is 18.2 Å². The summed E-state index contributed by atoms with van der Waals surface area (Å²) in [6, 6.07) is 6.26. The van der Waals surface area contributed by atoms with E-state index < -0.39 is 0 Å². The van der Waals surface area contributed by atoms with Gasteiger partial charge in [-0.3, -0.25) is 9.69 Å². The van der Waals surface area contributed by atoms with Gasteiger partial charge in [-0.15, -0.1) is 0 Å². The molecule has 1 aromatic rings. The van der Waals surface area contributed by atoms with Gasteiger partial charge >= 0.3 is 0 Å². The molecule has 0 saturated heterocycles. The number of nitrogens with zero attached hydrogens (tertiary/aromatic N) is 1. The molecule has 1 saturated carbocycles. The third-order valence-electron chi connectivity index (χ3n) is 4.39. The average molecular weight is 320 g/mol. The molecule has 0 radical (unpaired) electrons. The molecule has 1 N–H and O–H groups in total. The molecule has 5 nitrogen and oxygen atoms in total. The summed E-state index contributed by atoms with van der Waals surface area (Å²) in [6.07, 6.45) is 4.70. The second-order valence-corrected chi connectivity index (χ2v) is 6.04. The molecule has 1 fully saturated rings. The molecular formula is C18H28N2O3. The van der Waals surface area contributed by atoms with Crippen LogP contribution in [0.4, 0.5) is 0 Å². The molecular weight excluding hydrogens is 292 g/mol. The van der Waals surface area contributed by atoms with Crippen LogP contribution in [0, 0.1) is 0 Å². The number of methoxy groups -OCH3 is 2. The maximum atomic E-state index is 12.2. The maximum Gasteiger partial charge on any atom is 0.234 e. The van der Waals surface area contributed by atoms with Gasteiger partial charge in [0.1, 0.15) is 0 Å². The molecule has 0 bridgehead atoms. The predicted molar refractivity (Wildman–Crippen MR) is 90.9 cm³/mol. The number of rotatable bonds is 8. The minimum Gasteiger partial charge on any atom is -0.493 e. The summed E-state index contributed by atoms with van der Waals surface area (Å²) in [7, 11) is 3.26. The highest BCUT2D eigenvalue weighted by atomic mass is 16.5. The van der Waals surface area contributed by atoms with E-state index in [2.05, 4.69) is 17.1 Å². The molecule has 23 heavy (non-hydrogen) atoms. The Bertz CT molecular complexity index is 513. The van der Waals surface area contributed by atoms with Crippen LogP contribution in [0.5, 0.6) is 11.5 Å². The average Bonchev–Trinajstić information content (AvgIpc) is 3.06. The minimum atomic E-state index is 0.124. The Labute approximate surface area is 139 Å². The molecule has 1 aliphatic rings. The lowest BCUT2D eigenvalue weighted by molar-refractivity contribution is -0.123. The highest BCUT2D eigenvalue weighted by Gasteiger charge is 2.18. The molecule has 0 spiro atoms. The van der Waals surface area contributed by atoms with Crippen LogP contribution >= 0.6 is 0 Å². The first-order valence-corrected chi connectivity index (χ1v) is 8.38. The third kappa shape index (κ3) is 5.13. The summed E-state index contributed by atoms with van der Waals surface area (Å²) in [5.74, 6) is 1.56. The van der Waals surface area contributed by atoms with Gasteiger partial charge in [-0.1, -0.05) is 25.8 Å². The Kier molecular flexibility index (Phi) is 6.71. The topological polar surface area (TPSA) is 50.8 Å². The Hall–Kier alpha value is -1.75. The number of amides is 1. The Morgan fingerprint density at radius 3 is 2.52 bits per heavy atom. The van der Waals surface area contributed by atoms with E-state index in [9.17, 15) is 4.79 Å². The van der Waals surface area contributed by atoms with Crippen molar-refractivity contribution in [1.82, 2.24) is 10.2 Å². The number of hydrogen-bond acceptors (Lipinski definition) is 4. The van der Waals surface area contributed by atoms with Crippen molar-refractivity contribution in [2.75, 3.05) is 27.3 Å². The second kappa shape index (κ2) is 8.77. The number of hydrogen-bond donors (Lipinski definition) is 1. The Morgan fingerprint density at radius 2 is 1.91 bits per heavy atom. The molecule has 0 atom stereocenters. The molecule has 2 rings (SSSR count). The van der Waals surface area contributed by atoms with Crippen LogP contribution in [0.15, 0.2) is 18.2 Å².